The Morgan fingerprint density at radius 3 is 2.52 bits per heavy atom. The molecule has 116 valence electrons. The van der Waals surface area contributed by atoms with Gasteiger partial charge in [-0.05, 0) is 6.42 Å². The zero-order chi connectivity index (χ0) is 15.5. The van der Waals surface area contributed by atoms with Crippen molar-refractivity contribution >= 4 is 5.82 Å². The largest absolute Gasteiger partial charge is 0.412 e. The van der Waals surface area contributed by atoms with Gasteiger partial charge in [-0.15, -0.1) is 0 Å². The van der Waals surface area contributed by atoms with Crippen LogP contribution in [0, 0.1) is 0 Å². The topological polar surface area (TPSA) is 41.1 Å². The minimum absolute atomic E-state index is 0.0121. The molecule has 1 aromatic rings. The highest BCUT2D eigenvalue weighted by Crippen LogP contribution is 2.30. The second kappa shape index (κ2) is 6.43. The molecule has 0 radical (unpaired) electrons. The van der Waals surface area contributed by atoms with Crippen LogP contribution in [-0.2, 0) is 6.54 Å². The maximum Gasteiger partial charge on any atom is 0.412 e. The van der Waals surface area contributed by atoms with Crippen LogP contribution in [0.25, 0.3) is 0 Å². The smallest absolute Gasteiger partial charge is 0.351 e. The minimum Gasteiger partial charge on any atom is -0.351 e. The molecule has 7 heteroatoms. The summed E-state index contributed by atoms with van der Waals surface area (Å²) in [4.78, 5) is 10.4. The van der Waals surface area contributed by atoms with Crippen molar-refractivity contribution in [2.75, 3.05) is 18.0 Å². The van der Waals surface area contributed by atoms with E-state index in [1.54, 1.807) is 17.3 Å². The standard InChI is InChI=1S/C14H19F3N4/c1-10(2)18-7-12-8-20-13(9-19-12)21-5-3-11(4-6-21)14(15,16)17/h3,8-10,18H,4-7H2,1-2H3. The van der Waals surface area contributed by atoms with E-state index in [0.29, 0.717) is 24.9 Å². The maximum atomic E-state index is 12.6. The molecule has 0 saturated heterocycles. The van der Waals surface area contributed by atoms with Gasteiger partial charge in [0.25, 0.3) is 0 Å². The first-order chi connectivity index (χ1) is 9.86. The highest BCUT2D eigenvalue weighted by molar-refractivity contribution is 5.39. The predicted molar refractivity (Wildman–Crippen MR) is 75.0 cm³/mol. The molecule has 21 heavy (non-hydrogen) atoms. The third kappa shape index (κ3) is 4.42. The van der Waals surface area contributed by atoms with Gasteiger partial charge in [-0.3, -0.25) is 4.98 Å². The molecule has 1 aliphatic rings. The van der Waals surface area contributed by atoms with E-state index in [-0.39, 0.29) is 13.0 Å². The highest BCUT2D eigenvalue weighted by Gasteiger charge is 2.34. The summed E-state index contributed by atoms with van der Waals surface area (Å²) in [5, 5.41) is 3.23. The predicted octanol–water partition coefficient (Wildman–Crippen LogP) is 2.67. The Morgan fingerprint density at radius 2 is 2.05 bits per heavy atom. The third-order valence-electron chi connectivity index (χ3n) is 3.28. The molecule has 4 nitrogen and oxygen atoms in total. The lowest BCUT2D eigenvalue weighted by atomic mass is 10.1. The van der Waals surface area contributed by atoms with Crippen molar-refractivity contribution in [1.29, 1.82) is 0 Å². The van der Waals surface area contributed by atoms with Gasteiger partial charge in [-0.1, -0.05) is 19.9 Å². The summed E-state index contributed by atoms with van der Waals surface area (Å²) < 4.78 is 37.7. The van der Waals surface area contributed by atoms with Gasteiger partial charge in [0.05, 0.1) is 18.1 Å². The summed E-state index contributed by atoms with van der Waals surface area (Å²) in [5.74, 6) is 0.612. The highest BCUT2D eigenvalue weighted by atomic mass is 19.4. The second-order valence-electron chi connectivity index (χ2n) is 5.32. The first-order valence-electron chi connectivity index (χ1n) is 6.91. The molecule has 1 aliphatic heterocycles. The van der Waals surface area contributed by atoms with Gasteiger partial charge in [0.1, 0.15) is 5.82 Å². The summed E-state index contributed by atoms with van der Waals surface area (Å²) in [7, 11) is 0. The van der Waals surface area contributed by atoms with E-state index in [1.807, 2.05) is 13.8 Å². The fourth-order valence-corrected chi connectivity index (χ4v) is 2.05. The molecule has 0 spiro atoms. The fourth-order valence-electron chi connectivity index (χ4n) is 2.05. The van der Waals surface area contributed by atoms with E-state index in [9.17, 15) is 13.2 Å². The van der Waals surface area contributed by atoms with Crippen LogP contribution in [0.1, 0.15) is 26.0 Å². The normalized spacial score (nSPS) is 16.3. The monoisotopic (exact) mass is 300 g/mol. The van der Waals surface area contributed by atoms with Crippen LogP contribution in [0.4, 0.5) is 19.0 Å². The summed E-state index contributed by atoms with van der Waals surface area (Å²) >= 11 is 0. The van der Waals surface area contributed by atoms with Crippen molar-refractivity contribution < 1.29 is 13.2 Å². The Bertz CT molecular complexity index is 494. The van der Waals surface area contributed by atoms with Crippen molar-refractivity contribution in [2.24, 2.45) is 0 Å². The Kier molecular flexibility index (Phi) is 4.82. The summed E-state index contributed by atoms with van der Waals surface area (Å²) in [5.41, 5.74) is 0.362. The zero-order valence-corrected chi connectivity index (χ0v) is 12.1. The number of rotatable bonds is 4. The lowest BCUT2D eigenvalue weighted by molar-refractivity contribution is -0.0944. The lowest BCUT2D eigenvalue weighted by Gasteiger charge is -2.27. The van der Waals surface area contributed by atoms with Crippen LogP contribution in [0.3, 0.4) is 0 Å². The van der Waals surface area contributed by atoms with Gasteiger partial charge in [-0.25, -0.2) is 4.98 Å². The van der Waals surface area contributed by atoms with Crippen LogP contribution in [-0.4, -0.2) is 35.3 Å². The average Bonchev–Trinajstić information content (AvgIpc) is 2.45. The Hall–Kier alpha value is -1.63. The number of aromatic nitrogens is 2. The first kappa shape index (κ1) is 15.8. The van der Waals surface area contributed by atoms with E-state index in [1.165, 1.54) is 6.08 Å². The van der Waals surface area contributed by atoms with Crippen molar-refractivity contribution in [1.82, 2.24) is 15.3 Å². The lowest BCUT2D eigenvalue weighted by Crippen LogP contribution is -2.32. The van der Waals surface area contributed by atoms with Gasteiger partial charge >= 0.3 is 6.18 Å². The van der Waals surface area contributed by atoms with Gasteiger partial charge in [0, 0.05) is 31.2 Å². The SMILES string of the molecule is CC(C)NCc1cnc(N2CC=C(C(F)(F)F)CC2)cn1. The molecule has 2 heterocycles. The number of nitrogens with one attached hydrogen (secondary N) is 1. The van der Waals surface area contributed by atoms with Crippen LogP contribution >= 0.6 is 0 Å². The number of hydrogen-bond acceptors (Lipinski definition) is 4. The Labute approximate surface area is 122 Å². The van der Waals surface area contributed by atoms with Crippen LogP contribution in [0.2, 0.25) is 0 Å². The molecule has 1 aromatic heterocycles. The molecule has 0 aromatic carbocycles. The summed E-state index contributed by atoms with van der Waals surface area (Å²) in [6, 6.07) is 0.361. The van der Waals surface area contributed by atoms with E-state index >= 15 is 0 Å². The molecule has 0 atom stereocenters. The molecule has 0 saturated carbocycles. The Morgan fingerprint density at radius 1 is 1.29 bits per heavy atom. The Balaban J connectivity index is 1.96. The molecule has 0 amide bonds. The quantitative estimate of drug-likeness (QED) is 0.868. The fraction of sp³-hybridized carbons (Fsp3) is 0.571. The van der Waals surface area contributed by atoms with Crippen molar-refractivity contribution in [3.63, 3.8) is 0 Å². The second-order valence-corrected chi connectivity index (χ2v) is 5.32. The molecular formula is C14H19F3N4. The number of halogens is 3. The molecular weight excluding hydrogens is 281 g/mol. The number of nitrogens with zero attached hydrogens (tertiary/aromatic N) is 3. The molecule has 1 N–H and O–H groups in total. The average molecular weight is 300 g/mol. The van der Waals surface area contributed by atoms with Gasteiger partial charge in [0.2, 0.25) is 0 Å². The molecule has 0 fully saturated rings. The number of alkyl halides is 3. The van der Waals surface area contributed by atoms with E-state index in [0.717, 1.165) is 5.69 Å². The van der Waals surface area contributed by atoms with E-state index < -0.39 is 11.7 Å². The summed E-state index contributed by atoms with van der Waals surface area (Å²) in [6.45, 7) is 5.24. The van der Waals surface area contributed by atoms with E-state index in [2.05, 4.69) is 15.3 Å². The van der Waals surface area contributed by atoms with Gasteiger partial charge in [-0.2, -0.15) is 13.2 Å². The molecule has 0 unspecified atom stereocenters. The first-order valence-corrected chi connectivity index (χ1v) is 6.91. The zero-order valence-electron chi connectivity index (χ0n) is 12.1. The maximum absolute atomic E-state index is 12.6. The third-order valence-corrected chi connectivity index (χ3v) is 3.28. The summed E-state index contributed by atoms with van der Waals surface area (Å²) in [6.07, 6.45) is 0.267. The van der Waals surface area contributed by atoms with E-state index in [4.69, 9.17) is 0 Å². The van der Waals surface area contributed by atoms with Crippen LogP contribution < -0.4 is 10.2 Å². The minimum atomic E-state index is -4.22. The van der Waals surface area contributed by atoms with Gasteiger partial charge < -0.3 is 10.2 Å². The number of hydrogen-bond donors (Lipinski definition) is 1. The van der Waals surface area contributed by atoms with Crippen LogP contribution in [0.5, 0.6) is 0 Å². The molecule has 0 aliphatic carbocycles. The number of anilines is 1. The van der Waals surface area contributed by atoms with Crippen LogP contribution in [0.15, 0.2) is 24.0 Å². The van der Waals surface area contributed by atoms with Gasteiger partial charge in [0.15, 0.2) is 0 Å². The molecule has 2 rings (SSSR count). The van der Waals surface area contributed by atoms with Crippen molar-refractivity contribution in [3.8, 4) is 0 Å². The van der Waals surface area contributed by atoms with Crippen molar-refractivity contribution in [2.45, 2.75) is 39.0 Å². The van der Waals surface area contributed by atoms with Crippen molar-refractivity contribution in [3.05, 3.63) is 29.7 Å². The molecule has 0 bridgehead atoms.